The molecular formula is C10H19N. The normalized spacial score (nSPS) is 40.1. The van der Waals surface area contributed by atoms with Crippen LogP contribution in [0.2, 0.25) is 0 Å². The molecule has 2 aliphatic rings. The van der Waals surface area contributed by atoms with Crippen molar-refractivity contribution < 1.29 is 0 Å². The van der Waals surface area contributed by atoms with E-state index < -0.39 is 0 Å². The summed E-state index contributed by atoms with van der Waals surface area (Å²) in [6.07, 6.45) is 8.93. The summed E-state index contributed by atoms with van der Waals surface area (Å²) in [6.45, 7) is 1.38. The van der Waals surface area contributed by atoms with Crippen molar-refractivity contribution in [1.29, 1.82) is 0 Å². The second kappa shape index (κ2) is 3.14. The van der Waals surface area contributed by atoms with Crippen LogP contribution in [0, 0.1) is 5.92 Å². The Labute approximate surface area is 69.8 Å². The molecule has 1 saturated carbocycles. The Morgan fingerprint density at radius 2 is 1.73 bits per heavy atom. The summed E-state index contributed by atoms with van der Waals surface area (Å²) >= 11 is 0. The first-order valence-corrected chi connectivity index (χ1v) is 5.08. The fraction of sp³-hybridized carbons (Fsp3) is 1.00. The van der Waals surface area contributed by atoms with Gasteiger partial charge in [-0.25, -0.2) is 0 Å². The minimum atomic E-state index is 0.968. The molecule has 1 aliphatic heterocycles. The highest BCUT2D eigenvalue weighted by Crippen LogP contribution is 2.33. The van der Waals surface area contributed by atoms with E-state index in [1.807, 2.05) is 0 Å². The third kappa shape index (κ3) is 1.44. The Morgan fingerprint density at radius 3 is 2.45 bits per heavy atom. The monoisotopic (exact) mass is 153 g/mol. The van der Waals surface area contributed by atoms with Crippen LogP contribution in [0.4, 0.5) is 0 Å². The molecule has 0 aromatic rings. The van der Waals surface area contributed by atoms with E-state index in [0.29, 0.717) is 0 Å². The summed E-state index contributed by atoms with van der Waals surface area (Å²) in [7, 11) is 2.28. The number of nitrogens with zero attached hydrogens (tertiary/aromatic N) is 1. The van der Waals surface area contributed by atoms with Crippen molar-refractivity contribution in [2.75, 3.05) is 13.6 Å². The van der Waals surface area contributed by atoms with Crippen molar-refractivity contribution in [2.24, 2.45) is 5.92 Å². The molecular weight excluding hydrogens is 134 g/mol. The van der Waals surface area contributed by atoms with Gasteiger partial charge < -0.3 is 4.90 Å². The van der Waals surface area contributed by atoms with Crippen LogP contribution in [0.1, 0.15) is 38.5 Å². The average Bonchev–Trinajstić information content (AvgIpc) is 1.96. The molecule has 11 heavy (non-hydrogen) atoms. The fourth-order valence-corrected chi connectivity index (χ4v) is 2.70. The standard InChI is InChI=1S/C10H19N/c1-11-8-9-6-4-2-3-5-7-10(9)11/h9-10H,2-8H2,1H3. The molecule has 0 spiro atoms. The molecule has 2 unspecified atom stereocenters. The smallest absolute Gasteiger partial charge is 0.0133 e. The number of rotatable bonds is 0. The predicted octanol–water partition coefficient (Wildman–Crippen LogP) is 2.27. The van der Waals surface area contributed by atoms with Gasteiger partial charge in [0.15, 0.2) is 0 Å². The van der Waals surface area contributed by atoms with Gasteiger partial charge in [-0.3, -0.25) is 0 Å². The molecule has 1 heteroatoms. The summed E-state index contributed by atoms with van der Waals surface area (Å²) in [5.74, 6) is 1.07. The van der Waals surface area contributed by atoms with Crippen LogP contribution in [0.5, 0.6) is 0 Å². The Kier molecular flexibility index (Phi) is 2.17. The molecule has 2 atom stereocenters. The second-order valence-electron chi connectivity index (χ2n) is 4.26. The van der Waals surface area contributed by atoms with Crippen LogP contribution in [-0.2, 0) is 0 Å². The maximum Gasteiger partial charge on any atom is 0.0133 e. The summed E-state index contributed by atoms with van der Waals surface area (Å²) in [6, 6.07) is 0.968. The van der Waals surface area contributed by atoms with E-state index in [0.717, 1.165) is 12.0 Å². The minimum Gasteiger partial charge on any atom is -0.303 e. The van der Waals surface area contributed by atoms with E-state index in [2.05, 4.69) is 11.9 Å². The van der Waals surface area contributed by atoms with Gasteiger partial charge in [-0.05, 0) is 25.8 Å². The Balaban J connectivity index is 1.87. The molecule has 0 N–H and O–H groups in total. The van der Waals surface area contributed by atoms with E-state index in [4.69, 9.17) is 0 Å². The molecule has 0 amide bonds. The molecule has 64 valence electrons. The highest BCUT2D eigenvalue weighted by Gasteiger charge is 2.35. The highest BCUT2D eigenvalue weighted by atomic mass is 15.2. The molecule has 1 nitrogen and oxygen atoms in total. The molecule has 0 aromatic heterocycles. The zero-order valence-electron chi connectivity index (χ0n) is 7.55. The van der Waals surface area contributed by atoms with Crippen molar-refractivity contribution >= 4 is 0 Å². The Morgan fingerprint density at radius 1 is 1.00 bits per heavy atom. The fourth-order valence-electron chi connectivity index (χ4n) is 2.70. The SMILES string of the molecule is CN1CC2CCCCCCC21. The predicted molar refractivity (Wildman–Crippen MR) is 47.6 cm³/mol. The third-order valence-corrected chi connectivity index (χ3v) is 3.46. The van der Waals surface area contributed by atoms with E-state index in [9.17, 15) is 0 Å². The largest absolute Gasteiger partial charge is 0.303 e. The lowest BCUT2D eigenvalue weighted by atomic mass is 9.80. The summed E-state index contributed by atoms with van der Waals surface area (Å²) in [5.41, 5.74) is 0. The van der Waals surface area contributed by atoms with Crippen molar-refractivity contribution in [3.63, 3.8) is 0 Å². The first-order chi connectivity index (χ1) is 5.38. The van der Waals surface area contributed by atoms with Crippen LogP contribution in [0.15, 0.2) is 0 Å². The molecule has 2 rings (SSSR count). The van der Waals surface area contributed by atoms with E-state index in [-0.39, 0.29) is 0 Å². The molecule has 1 heterocycles. The summed E-state index contributed by atoms with van der Waals surface area (Å²) in [5, 5.41) is 0. The maximum absolute atomic E-state index is 2.54. The molecule has 0 aromatic carbocycles. The number of hydrogen-bond acceptors (Lipinski definition) is 1. The maximum atomic E-state index is 2.54. The Bertz CT molecular complexity index is 133. The van der Waals surface area contributed by atoms with Crippen molar-refractivity contribution in [3.8, 4) is 0 Å². The van der Waals surface area contributed by atoms with E-state index >= 15 is 0 Å². The van der Waals surface area contributed by atoms with Crippen LogP contribution in [-0.4, -0.2) is 24.5 Å². The zero-order valence-corrected chi connectivity index (χ0v) is 7.55. The van der Waals surface area contributed by atoms with Gasteiger partial charge in [-0.15, -0.1) is 0 Å². The molecule has 1 saturated heterocycles. The topological polar surface area (TPSA) is 3.24 Å². The van der Waals surface area contributed by atoms with Crippen LogP contribution in [0.25, 0.3) is 0 Å². The van der Waals surface area contributed by atoms with Crippen LogP contribution < -0.4 is 0 Å². The van der Waals surface area contributed by atoms with Crippen molar-refractivity contribution in [3.05, 3.63) is 0 Å². The average molecular weight is 153 g/mol. The molecule has 2 fully saturated rings. The lowest BCUT2D eigenvalue weighted by Gasteiger charge is -2.47. The van der Waals surface area contributed by atoms with Gasteiger partial charge in [0.25, 0.3) is 0 Å². The van der Waals surface area contributed by atoms with Gasteiger partial charge in [0.2, 0.25) is 0 Å². The zero-order chi connectivity index (χ0) is 7.68. The van der Waals surface area contributed by atoms with E-state index in [1.165, 1.54) is 45.1 Å². The third-order valence-electron chi connectivity index (χ3n) is 3.46. The second-order valence-corrected chi connectivity index (χ2v) is 4.26. The van der Waals surface area contributed by atoms with Gasteiger partial charge in [-0.1, -0.05) is 25.7 Å². The van der Waals surface area contributed by atoms with Crippen LogP contribution in [0.3, 0.4) is 0 Å². The minimum absolute atomic E-state index is 0.968. The lowest BCUT2D eigenvalue weighted by Crippen LogP contribution is -2.53. The van der Waals surface area contributed by atoms with Gasteiger partial charge >= 0.3 is 0 Å². The summed E-state index contributed by atoms with van der Waals surface area (Å²) in [4.78, 5) is 2.54. The van der Waals surface area contributed by atoms with Crippen LogP contribution >= 0.6 is 0 Å². The Hall–Kier alpha value is -0.0400. The van der Waals surface area contributed by atoms with Gasteiger partial charge in [0.05, 0.1) is 0 Å². The summed E-state index contributed by atoms with van der Waals surface area (Å²) < 4.78 is 0. The number of fused-ring (bicyclic) bond motifs is 1. The number of likely N-dealkylation sites (tertiary alicyclic amines) is 1. The quantitative estimate of drug-likeness (QED) is 0.516. The first-order valence-electron chi connectivity index (χ1n) is 5.08. The highest BCUT2D eigenvalue weighted by molar-refractivity contribution is 4.90. The van der Waals surface area contributed by atoms with E-state index in [1.54, 1.807) is 0 Å². The lowest BCUT2D eigenvalue weighted by molar-refractivity contribution is 0.0218. The van der Waals surface area contributed by atoms with Crippen molar-refractivity contribution in [1.82, 2.24) is 4.90 Å². The van der Waals surface area contributed by atoms with Gasteiger partial charge in [-0.2, -0.15) is 0 Å². The van der Waals surface area contributed by atoms with Crippen molar-refractivity contribution in [2.45, 2.75) is 44.6 Å². The van der Waals surface area contributed by atoms with Gasteiger partial charge in [0.1, 0.15) is 0 Å². The molecule has 1 aliphatic carbocycles. The number of hydrogen-bond donors (Lipinski definition) is 0. The first kappa shape index (κ1) is 7.60. The molecule has 0 bridgehead atoms. The van der Waals surface area contributed by atoms with Gasteiger partial charge in [0, 0.05) is 12.6 Å². The molecule has 0 radical (unpaired) electrons.